The van der Waals surface area contributed by atoms with Crippen LogP contribution in [0.15, 0.2) is 18.2 Å². The molecule has 5 heteroatoms. The van der Waals surface area contributed by atoms with Crippen molar-refractivity contribution in [2.45, 2.75) is 46.1 Å². The van der Waals surface area contributed by atoms with Crippen LogP contribution in [-0.2, 0) is 9.59 Å². The number of benzene rings is 1. The average molecular weight is 277 g/mol. The summed E-state index contributed by atoms with van der Waals surface area (Å²) in [4.78, 5) is 23.4. The average Bonchev–Trinajstić information content (AvgIpc) is 2.43. The molecule has 0 radical (unpaired) electrons. The number of rotatable bonds is 6. The molecule has 110 valence electrons. The number of nitrogens with two attached hydrogens (primary N) is 1. The normalized spacial score (nSPS) is 11.8. The Balaban J connectivity index is 2.83. The zero-order valence-electron chi connectivity index (χ0n) is 12.3. The van der Waals surface area contributed by atoms with Crippen LogP contribution in [0.2, 0.25) is 0 Å². The minimum absolute atomic E-state index is 0.0562. The number of anilines is 2. The van der Waals surface area contributed by atoms with Gasteiger partial charge in [0.25, 0.3) is 0 Å². The maximum atomic E-state index is 11.9. The molecule has 0 spiro atoms. The number of hydrogen-bond donors (Lipinski definition) is 3. The molecule has 0 aliphatic rings. The first kappa shape index (κ1) is 16.2. The molecule has 4 N–H and O–H groups in total. The highest BCUT2D eigenvalue weighted by Crippen LogP contribution is 2.23. The van der Waals surface area contributed by atoms with Gasteiger partial charge in [0.2, 0.25) is 11.8 Å². The van der Waals surface area contributed by atoms with Gasteiger partial charge < -0.3 is 16.4 Å². The van der Waals surface area contributed by atoms with E-state index in [1.54, 1.807) is 19.1 Å². The second kappa shape index (κ2) is 7.65. The van der Waals surface area contributed by atoms with Gasteiger partial charge in [-0.05, 0) is 31.0 Å². The fourth-order valence-corrected chi connectivity index (χ4v) is 1.81. The summed E-state index contributed by atoms with van der Waals surface area (Å²) in [5, 5.41) is 5.62. The van der Waals surface area contributed by atoms with Gasteiger partial charge in [0.05, 0.1) is 6.04 Å². The van der Waals surface area contributed by atoms with Crippen LogP contribution in [0.3, 0.4) is 0 Å². The lowest BCUT2D eigenvalue weighted by Crippen LogP contribution is -2.35. The van der Waals surface area contributed by atoms with Crippen molar-refractivity contribution < 1.29 is 9.59 Å². The minimum Gasteiger partial charge on any atom is -0.326 e. The third-order valence-corrected chi connectivity index (χ3v) is 3.12. The Kier molecular flexibility index (Phi) is 6.18. The van der Waals surface area contributed by atoms with Crippen molar-refractivity contribution >= 4 is 23.2 Å². The molecule has 0 aromatic heterocycles. The lowest BCUT2D eigenvalue weighted by molar-refractivity contribution is -0.117. The van der Waals surface area contributed by atoms with Crippen molar-refractivity contribution in [1.82, 2.24) is 0 Å². The SMILES string of the molecule is CCC[C@@H](N)C(=O)Nc1cccc(NC(=O)CC)c1C. The molecule has 0 saturated carbocycles. The molecule has 0 heterocycles. The molecule has 20 heavy (non-hydrogen) atoms. The predicted molar refractivity (Wildman–Crippen MR) is 81.6 cm³/mol. The molecule has 0 saturated heterocycles. The Morgan fingerprint density at radius 2 is 1.80 bits per heavy atom. The summed E-state index contributed by atoms with van der Waals surface area (Å²) in [6, 6.07) is 4.89. The van der Waals surface area contributed by atoms with E-state index in [0.717, 1.165) is 12.0 Å². The largest absolute Gasteiger partial charge is 0.326 e. The highest BCUT2D eigenvalue weighted by atomic mass is 16.2. The second-order valence-corrected chi connectivity index (χ2v) is 4.76. The van der Waals surface area contributed by atoms with Crippen LogP contribution in [0.25, 0.3) is 0 Å². The fourth-order valence-electron chi connectivity index (χ4n) is 1.81. The van der Waals surface area contributed by atoms with Crippen LogP contribution in [0.5, 0.6) is 0 Å². The molecular weight excluding hydrogens is 254 g/mol. The number of amides is 2. The number of carbonyl (C=O) groups is 2. The van der Waals surface area contributed by atoms with Gasteiger partial charge in [-0.2, -0.15) is 0 Å². The summed E-state index contributed by atoms with van der Waals surface area (Å²) < 4.78 is 0. The Hall–Kier alpha value is -1.88. The summed E-state index contributed by atoms with van der Waals surface area (Å²) >= 11 is 0. The zero-order chi connectivity index (χ0) is 15.1. The lowest BCUT2D eigenvalue weighted by Gasteiger charge is -2.15. The molecule has 5 nitrogen and oxygen atoms in total. The van der Waals surface area contributed by atoms with E-state index in [1.165, 1.54) is 0 Å². The monoisotopic (exact) mass is 277 g/mol. The van der Waals surface area contributed by atoms with E-state index in [4.69, 9.17) is 5.73 Å². The Bertz CT molecular complexity index is 486. The van der Waals surface area contributed by atoms with Crippen molar-refractivity contribution in [3.8, 4) is 0 Å². The molecule has 0 unspecified atom stereocenters. The van der Waals surface area contributed by atoms with Crippen LogP contribution in [-0.4, -0.2) is 17.9 Å². The first-order chi connectivity index (χ1) is 9.49. The zero-order valence-corrected chi connectivity index (χ0v) is 12.3. The highest BCUT2D eigenvalue weighted by molar-refractivity contribution is 5.97. The Morgan fingerprint density at radius 1 is 1.20 bits per heavy atom. The molecule has 0 aliphatic carbocycles. The third kappa shape index (κ3) is 4.35. The maximum absolute atomic E-state index is 11.9. The molecular formula is C15H23N3O2. The van der Waals surface area contributed by atoms with E-state index in [9.17, 15) is 9.59 Å². The van der Waals surface area contributed by atoms with E-state index in [0.29, 0.717) is 24.2 Å². The van der Waals surface area contributed by atoms with Gasteiger partial charge in [0, 0.05) is 17.8 Å². The Labute approximate surface area is 119 Å². The van der Waals surface area contributed by atoms with Gasteiger partial charge in [0.1, 0.15) is 0 Å². The molecule has 1 rings (SSSR count). The van der Waals surface area contributed by atoms with E-state index in [2.05, 4.69) is 10.6 Å². The van der Waals surface area contributed by atoms with E-state index in [1.807, 2.05) is 19.9 Å². The molecule has 1 aromatic rings. The van der Waals surface area contributed by atoms with E-state index < -0.39 is 6.04 Å². The fraction of sp³-hybridized carbons (Fsp3) is 0.467. The van der Waals surface area contributed by atoms with Crippen molar-refractivity contribution in [2.75, 3.05) is 10.6 Å². The smallest absolute Gasteiger partial charge is 0.241 e. The van der Waals surface area contributed by atoms with Crippen LogP contribution in [0.1, 0.15) is 38.7 Å². The van der Waals surface area contributed by atoms with Crippen LogP contribution < -0.4 is 16.4 Å². The molecule has 1 aromatic carbocycles. The van der Waals surface area contributed by atoms with Gasteiger partial charge in [-0.15, -0.1) is 0 Å². The lowest BCUT2D eigenvalue weighted by atomic mass is 10.1. The third-order valence-electron chi connectivity index (χ3n) is 3.12. The summed E-state index contributed by atoms with van der Waals surface area (Å²) in [5.74, 6) is -0.256. The molecule has 1 atom stereocenters. The summed E-state index contributed by atoms with van der Waals surface area (Å²) in [6.07, 6.45) is 1.93. The van der Waals surface area contributed by atoms with Crippen molar-refractivity contribution in [1.29, 1.82) is 0 Å². The number of hydrogen-bond acceptors (Lipinski definition) is 3. The molecule has 2 amide bonds. The Morgan fingerprint density at radius 3 is 2.35 bits per heavy atom. The maximum Gasteiger partial charge on any atom is 0.241 e. The topological polar surface area (TPSA) is 84.2 Å². The minimum atomic E-state index is -0.506. The van der Waals surface area contributed by atoms with Crippen LogP contribution in [0, 0.1) is 6.92 Å². The molecule has 0 aliphatic heterocycles. The van der Waals surface area contributed by atoms with Crippen LogP contribution >= 0.6 is 0 Å². The number of carbonyl (C=O) groups excluding carboxylic acids is 2. The summed E-state index contributed by atoms with van der Waals surface area (Å²) in [6.45, 7) is 5.63. The van der Waals surface area contributed by atoms with Gasteiger partial charge >= 0.3 is 0 Å². The van der Waals surface area contributed by atoms with Gasteiger partial charge in [-0.25, -0.2) is 0 Å². The first-order valence-corrected chi connectivity index (χ1v) is 6.95. The summed E-state index contributed by atoms with van der Waals surface area (Å²) in [7, 11) is 0. The number of nitrogens with one attached hydrogen (secondary N) is 2. The first-order valence-electron chi connectivity index (χ1n) is 6.95. The van der Waals surface area contributed by atoms with Crippen molar-refractivity contribution in [2.24, 2.45) is 5.73 Å². The second-order valence-electron chi connectivity index (χ2n) is 4.76. The quantitative estimate of drug-likeness (QED) is 0.746. The van der Waals surface area contributed by atoms with E-state index >= 15 is 0 Å². The van der Waals surface area contributed by atoms with Crippen LogP contribution in [0.4, 0.5) is 11.4 Å². The molecule has 0 fully saturated rings. The van der Waals surface area contributed by atoms with Gasteiger partial charge in [0.15, 0.2) is 0 Å². The van der Waals surface area contributed by atoms with Gasteiger partial charge in [-0.1, -0.05) is 26.3 Å². The highest BCUT2D eigenvalue weighted by Gasteiger charge is 2.14. The van der Waals surface area contributed by atoms with E-state index in [-0.39, 0.29) is 11.8 Å². The molecule has 0 bridgehead atoms. The van der Waals surface area contributed by atoms with Gasteiger partial charge in [-0.3, -0.25) is 9.59 Å². The summed E-state index contributed by atoms with van der Waals surface area (Å²) in [5.41, 5.74) is 7.99. The van der Waals surface area contributed by atoms with Crippen molar-refractivity contribution in [3.05, 3.63) is 23.8 Å². The predicted octanol–water partition coefficient (Wildman–Crippen LogP) is 2.41. The van der Waals surface area contributed by atoms with Crippen molar-refractivity contribution in [3.63, 3.8) is 0 Å². The standard InChI is InChI=1S/C15H23N3O2/c1-4-7-11(16)15(20)18-13-9-6-8-12(10(13)3)17-14(19)5-2/h6,8-9,11H,4-5,7,16H2,1-3H3,(H,17,19)(H,18,20)/t11-/m1/s1.